The van der Waals surface area contributed by atoms with Crippen LogP contribution in [-0.4, -0.2) is 52.2 Å². The standard InChI is InChI=1S/C10H19NO3/c1-11-10(8-2-3-12-6-8)9-7-13-4-5-14-9/h8-11H,2-7H2,1H3. The first-order chi connectivity index (χ1) is 6.92. The minimum absolute atomic E-state index is 0.195. The van der Waals surface area contributed by atoms with Crippen LogP contribution >= 0.6 is 0 Å². The SMILES string of the molecule is CNC(C1CCOC1)C1COCCO1. The summed E-state index contributed by atoms with van der Waals surface area (Å²) < 4.78 is 16.5. The molecule has 4 nitrogen and oxygen atoms in total. The maximum Gasteiger partial charge on any atom is 0.0965 e. The zero-order chi connectivity index (χ0) is 9.80. The van der Waals surface area contributed by atoms with Gasteiger partial charge in [0.25, 0.3) is 0 Å². The fourth-order valence-corrected chi connectivity index (χ4v) is 2.27. The van der Waals surface area contributed by atoms with Gasteiger partial charge in [0.2, 0.25) is 0 Å². The van der Waals surface area contributed by atoms with Crippen molar-refractivity contribution in [3.63, 3.8) is 0 Å². The largest absolute Gasteiger partial charge is 0.381 e. The fourth-order valence-electron chi connectivity index (χ4n) is 2.27. The number of hydrogen-bond donors (Lipinski definition) is 1. The van der Waals surface area contributed by atoms with Crippen LogP contribution in [-0.2, 0) is 14.2 Å². The van der Waals surface area contributed by atoms with Gasteiger partial charge in [-0.05, 0) is 13.5 Å². The molecule has 1 N–H and O–H groups in total. The van der Waals surface area contributed by atoms with E-state index in [-0.39, 0.29) is 6.10 Å². The summed E-state index contributed by atoms with van der Waals surface area (Å²) in [6.07, 6.45) is 1.33. The monoisotopic (exact) mass is 201 g/mol. The number of rotatable bonds is 3. The summed E-state index contributed by atoms with van der Waals surface area (Å²) in [5, 5.41) is 3.33. The Bertz CT molecular complexity index is 165. The van der Waals surface area contributed by atoms with Gasteiger partial charge in [0.05, 0.1) is 32.5 Å². The molecular formula is C10H19NO3. The molecule has 82 valence electrons. The normalized spacial score (nSPS) is 35.8. The predicted octanol–water partition coefficient (Wildman–Crippen LogP) is 0.0263. The summed E-state index contributed by atoms with van der Waals surface area (Å²) in [5.74, 6) is 0.576. The van der Waals surface area contributed by atoms with E-state index in [2.05, 4.69) is 5.32 Å². The molecule has 2 rings (SSSR count). The molecule has 0 bridgehead atoms. The summed E-state index contributed by atoms with van der Waals surface area (Å²) in [7, 11) is 1.99. The molecule has 2 saturated heterocycles. The molecule has 0 aromatic carbocycles. The summed E-state index contributed by atoms with van der Waals surface area (Å²) in [6, 6.07) is 0.373. The van der Waals surface area contributed by atoms with Crippen LogP contribution in [0.4, 0.5) is 0 Å². The maximum atomic E-state index is 5.70. The van der Waals surface area contributed by atoms with Crippen molar-refractivity contribution in [2.24, 2.45) is 5.92 Å². The Labute approximate surface area is 84.9 Å². The van der Waals surface area contributed by atoms with Gasteiger partial charge in [-0.15, -0.1) is 0 Å². The van der Waals surface area contributed by atoms with Crippen LogP contribution in [0.5, 0.6) is 0 Å². The third kappa shape index (κ3) is 2.25. The van der Waals surface area contributed by atoms with E-state index in [1.165, 1.54) is 0 Å². The Morgan fingerprint density at radius 2 is 2.00 bits per heavy atom. The zero-order valence-electron chi connectivity index (χ0n) is 8.70. The molecule has 2 fully saturated rings. The topological polar surface area (TPSA) is 39.7 Å². The van der Waals surface area contributed by atoms with E-state index in [0.717, 1.165) is 32.8 Å². The fraction of sp³-hybridized carbons (Fsp3) is 1.00. The van der Waals surface area contributed by atoms with Crippen LogP contribution in [0.25, 0.3) is 0 Å². The van der Waals surface area contributed by atoms with Gasteiger partial charge in [-0.25, -0.2) is 0 Å². The molecule has 0 aromatic rings. The molecule has 0 aliphatic carbocycles. The Hall–Kier alpha value is -0.160. The maximum absolute atomic E-state index is 5.70. The molecule has 0 radical (unpaired) electrons. The van der Waals surface area contributed by atoms with Crippen molar-refractivity contribution in [1.29, 1.82) is 0 Å². The predicted molar refractivity (Wildman–Crippen MR) is 52.3 cm³/mol. The number of likely N-dealkylation sites (N-methyl/N-ethyl adjacent to an activating group) is 1. The van der Waals surface area contributed by atoms with E-state index in [0.29, 0.717) is 18.6 Å². The minimum atomic E-state index is 0.195. The molecule has 2 aliphatic heterocycles. The first-order valence-electron chi connectivity index (χ1n) is 5.36. The van der Waals surface area contributed by atoms with Gasteiger partial charge in [0, 0.05) is 18.6 Å². The van der Waals surface area contributed by atoms with E-state index in [1.807, 2.05) is 7.05 Å². The zero-order valence-corrected chi connectivity index (χ0v) is 8.70. The molecule has 0 saturated carbocycles. The van der Waals surface area contributed by atoms with E-state index in [9.17, 15) is 0 Å². The Morgan fingerprint density at radius 1 is 1.14 bits per heavy atom. The van der Waals surface area contributed by atoms with Gasteiger partial charge in [-0.1, -0.05) is 0 Å². The van der Waals surface area contributed by atoms with Crippen LogP contribution < -0.4 is 5.32 Å². The molecule has 14 heavy (non-hydrogen) atoms. The molecule has 2 heterocycles. The van der Waals surface area contributed by atoms with E-state index in [1.54, 1.807) is 0 Å². The van der Waals surface area contributed by atoms with Crippen LogP contribution in [0.2, 0.25) is 0 Å². The van der Waals surface area contributed by atoms with Crippen LogP contribution in [0.3, 0.4) is 0 Å². The van der Waals surface area contributed by atoms with Gasteiger partial charge >= 0.3 is 0 Å². The quantitative estimate of drug-likeness (QED) is 0.699. The van der Waals surface area contributed by atoms with Crippen molar-refractivity contribution < 1.29 is 14.2 Å². The average Bonchev–Trinajstić information content (AvgIpc) is 2.74. The lowest BCUT2D eigenvalue weighted by Gasteiger charge is -2.33. The Kier molecular flexibility index (Phi) is 3.75. The van der Waals surface area contributed by atoms with Crippen molar-refractivity contribution in [2.45, 2.75) is 18.6 Å². The summed E-state index contributed by atoms with van der Waals surface area (Å²) in [4.78, 5) is 0. The molecule has 0 spiro atoms. The second kappa shape index (κ2) is 5.07. The highest BCUT2D eigenvalue weighted by molar-refractivity contribution is 4.86. The van der Waals surface area contributed by atoms with Gasteiger partial charge < -0.3 is 19.5 Å². The third-order valence-corrected chi connectivity index (χ3v) is 3.05. The van der Waals surface area contributed by atoms with E-state index < -0.39 is 0 Å². The van der Waals surface area contributed by atoms with Crippen molar-refractivity contribution >= 4 is 0 Å². The lowest BCUT2D eigenvalue weighted by atomic mass is 9.94. The molecule has 4 heteroatoms. The average molecular weight is 201 g/mol. The first kappa shape index (κ1) is 10.4. The molecular weight excluding hydrogens is 182 g/mol. The third-order valence-electron chi connectivity index (χ3n) is 3.05. The summed E-state index contributed by atoms with van der Waals surface area (Å²) in [6.45, 7) is 3.90. The van der Waals surface area contributed by atoms with E-state index >= 15 is 0 Å². The van der Waals surface area contributed by atoms with Gasteiger partial charge in [0.15, 0.2) is 0 Å². The summed E-state index contributed by atoms with van der Waals surface area (Å²) in [5.41, 5.74) is 0. The van der Waals surface area contributed by atoms with Crippen molar-refractivity contribution in [3.8, 4) is 0 Å². The van der Waals surface area contributed by atoms with Crippen LogP contribution in [0.15, 0.2) is 0 Å². The highest BCUT2D eigenvalue weighted by atomic mass is 16.6. The summed E-state index contributed by atoms with van der Waals surface area (Å²) >= 11 is 0. The van der Waals surface area contributed by atoms with Crippen LogP contribution in [0.1, 0.15) is 6.42 Å². The highest BCUT2D eigenvalue weighted by Gasteiger charge is 2.32. The number of nitrogens with one attached hydrogen (secondary N) is 1. The molecule has 3 atom stereocenters. The smallest absolute Gasteiger partial charge is 0.0965 e. The van der Waals surface area contributed by atoms with Crippen LogP contribution in [0, 0.1) is 5.92 Å². The van der Waals surface area contributed by atoms with Gasteiger partial charge in [-0.3, -0.25) is 0 Å². The minimum Gasteiger partial charge on any atom is -0.381 e. The Morgan fingerprint density at radius 3 is 2.57 bits per heavy atom. The highest BCUT2D eigenvalue weighted by Crippen LogP contribution is 2.21. The van der Waals surface area contributed by atoms with Gasteiger partial charge in [-0.2, -0.15) is 0 Å². The van der Waals surface area contributed by atoms with Gasteiger partial charge in [0.1, 0.15) is 0 Å². The molecule has 0 amide bonds. The Balaban J connectivity index is 1.89. The van der Waals surface area contributed by atoms with E-state index in [4.69, 9.17) is 14.2 Å². The van der Waals surface area contributed by atoms with Crippen molar-refractivity contribution in [2.75, 3.05) is 40.1 Å². The molecule has 3 unspecified atom stereocenters. The van der Waals surface area contributed by atoms with Crippen molar-refractivity contribution in [1.82, 2.24) is 5.32 Å². The van der Waals surface area contributed by atoms with Crippen molar-refractivity contribution in [3.05, 3.63) is 0 Å². The number of ether oxygens (including phenoxy) is 3. The lowest BCUT2D eigenvalue weighted by Crippen LogP contribution is -2.49. The first-order valence-corrected chi connectivity index (χ1v) is 5.36. The molecule has 0 aromatic heterocycles. The lowest BCUT2D eigenvalue weighted by molar-refractivity contribution is -0.108. The second-order valence-electron chi connectivity index (χ2n) is 3.92. The second-order valence-corrected chi connectivity index (χ2v) is 3.92. The molecule has 2 aliphatic rings. The number of hydrogen-bond acceptors (Lipinski definition) is 4.